The van der Waals surface area contributed by atoms with E-state index in [1.54, 1.807) is 11.3 Å². The molecule has 1 N–H and O–H groups in total. The SMILES string of the molecule is CCOc1ccc(-c2nc3n(n2)C(c2sccc2C)C2=C(CC(C)(C)CC2=O)N3)cc1. The third-order valence-corrected chi connectivity index (χ3v) is 6.98. The van der Waals surface area contributed by atoms with Crippen LogP contribution in [0, 0.1) is 12.3 Å². The van der Waals surface area contributed by atoms with E-state index in [9.17, 15) is 4.79 Å². The Balaban J connectivity index is 1.62. The highest BCUT2D eigenvalue weighted by Gasteiger charge is 2.42. The molecule has 7 heteroatoms. The maximum Gasteiger partial charge on any atom is 0.226 e. The first kappa shape index (κ1) is 20.0. The fraction of sp³-hybridized carbons (Fsp3) is 0.375. The molecule has 0 fully saturated rings. The highest BCUT2D eigenvalue weighted by Crippen LogP contribution is 2.47. The number of thiophene rings is 1. The molecule has 6 nitrogen and oxygen atoms in total. The minimum atomic E-state index is -0.237. The van der Waals surface area contributed by atoms with Gasteiger partial charge >= 0.3 is 0 Å². The van der Waals surface area contributed by atoms with Gasteiger partial charge in [0.05, 0.1) is 6.61 Å². The second-order valence-electron chi connectivity index (χ2n) is 8.99. The standard InChI is InChI=1S/C24H26N4O2S/c1-5-30-16-8-6-15(7-9-16)22-26-23-25-17-12-24(3,4)13-18(29)19(17)20(28(23)27-22)21-14(2)10-11-31-21/h6-11,20H,5,12-13H2,1-4H3,(H,25,26,27). The van der Waals surface area contributed by atoms with Crippen LogP contribution in [0.15, 0.2) is 47.0 Å². The van der Waals surface area contributed by atoms with E-state index >= 15 is 0 Å². The van der Waals surface area contributed by atoms with E-state index in [-0.39, 0.29) is 17.2 Å². The van der Waals surface area contributed by atoms with Gasteiger partial charge in [-0.1, -0.05) is 13.8 Å². The summed E-state index contributed by atoms with van der Waals surface area (Å²) in [5.41, 5.74) is 3.83. The van der Waals surface area contributed by atoms with E-state index in [2.05, 4.69) is 37.5 Å². The maximum atomic E-state index is 13.3. The Hall–Kier alpha value is -2.93. The fourth-order valence-corrected chi connectivity index (χ4v) is 5.52. The van der Waals surface area contributed by atoms with Gasteiger partial charge in [-0.25, -0.2) is 4.68 Å². The minimum absolute atomic E-state index is 0.0713. The third kappa shape index (κ3) is 3.47. The molecular formula is C24H26N4O2S. The lowest BCUT2D eigenvalue weighted by molar-refractivity contribution is -0.118. The van der Waals surface area contributed by atoms with Gasteiger partial charge < -0.3 is 10.1 Å². The van der Waals surface area contributed by atoms with E-state index in [4.69, 9.17) is 14.8 Å². The first-order valence-electron chi connectivity index (χ1n) is 10.6. The summed E-state index contributed by atoms with van der Waals surface area (Å²) in [7, 11) is 0. The Morgan fingerprint density at radius 3 is 2.68 bits per heavy atom. The topological polar surface area (TPSA) is 69.0 Å². The van der Waals surface area contributed by atoms with Crippen molar-refractivity contribution in [1.29, 1.82) is 0 Å². The molecule has 1 aromatic carbocycles. The molecular weight excluding hydrogens is 408 g/mol. The molecule has 1 aliphatic heterocycles. The molecule has 2 aliphatic rings. The zero-order valence-electron chi connectivity index (χ0n) is 18.2. The number of aryl methyl sites for hydroxylation is 1. The van der Waals surface area contributed by atoms with Crippen LogP contribution >= 0.6 is 11.3 Å². The van der Waals surface area contributed by atoms with Gasteiger partial charge in [-0.15, -0.1) is 16.4 Å². The molecule has 3 heterocycles. The van der Waals surface area contributed by atoms with Crippen molar-refractivity contribution in [1.82, 2.24) is 14.8 Å². The summed E-state index contributed by atoms with van der Waals surface area (Å²) in [5.74, 6) is 2.34. The number of carbonyl (C=O) groups excluding carboxylic acids is 1. The predicted octanol–water partition coefficient (Wildman–Crippen LogP) is 5.37. The fourth-order valence-electron chi connectivity index (χ4n) is 4.51. The number of fused-ring (bicyclic) bond motifs is 1. The summed E-state index contributed by atoms with van der Waals surface area (Å²) >= 11 is 1.67. The van der Waals surface area contributed by atoms with Crippen molar-refractivity contribution in [2.45, 2.75) is 46.6 Å². The number of hydrogen-bond donors (Lipinski definition) is 1. The largest absolute Gasteiger partial charge is 0.494 e. The number of anilines is 1. The second kappa shape index (κ2) is 7.34. The van der Waals surface area contributed by atoms with Crippen molar-refractivity contribution in [3.05, 3.63) is 57.4 Å². The zero-order chi connectivity index (χ0) is 21.8. The number of Topliss-reactive ketones (excluding diaryl/α,β-unsaturated/α-hetero) is 1. The van der Waals surface area contributed by atoms with E-state index < -0.39 is 0 Å². The van der Waals surface area contributed by atoms with Gasteiger partial charge in [-0.3, -0.25) is 4.79 Å². The van der Waals surface area contributed by atoms with Gasteiger partial charge in [0.15, 0.2) is 11.6 Å². The van der Waals surface area contributed by atoms with E-state index in [0.717, 1.165) is 33.9 Å². The normalized spacial score (nSPS) is 19.6. The third-order valence-electron chi connectivity index (χ3n) is 5.91. The first-order chi connectivity index (χ1) is 14.9. The summed E-state index contributed by atoms with van der Waals surface area (Å²) in [6.45, 7) is 8.98. The van der Waals surface area contributed by atoms with Gasteiger partial charge in [-0.05, 0) is 67.0 Å². The van der Waals surface area contributed by atoms with Crippen molar-refractivity contribution in [2.24, 2.45) is 5.41 Å². The van der Waals surface area contributed by atoms with Gasteiger partial charge in [0.1, 0.15) is 11.8 Å². The molecule has 5 rings (SSSR count). The summed E-state index contributed by atoms with van der Waals surface area (Å²) in [6, 6.07) is 9.67. The monoisotopic (exact) mass is 434 g/mol. The molecule has 0 amide bonds. The number of nitrogens with one attached hydrogen (secondary N) is 1. The smallest absolute Gasteiger partial charge is 0.226 e. The number of ketones is 1. The first-order valence-corrected chi connectivity index (χ1v) is 11.5. The van der Waals surface area contributed by atoms with Crippen LogP contribution in [0.3, 0.4) is 0 Å². The molecule has 1 unspecified atom stereocenters. The van der Waals surface area contributed by atoms with E-state index in [1.165, 1.54) is 5.56 Å². The molecule has 0 saturated heterocycles. The Bertz CT molecular complexity index is 1190. The van der Waals surface area contributed by atoms with Crippen LogP contribution in [0.4, 0.5) is 5.95 Å². The predicted molar refractivity (Wildman–Crippen MR) is 122 cm³/mol. The molecule has 1 atom stereocenters. The highest BCUT2D eigenvalue weighted by atomic mass is 32.1. The van der Waals surface area contributed by atoms with E-state index in [0.29, 0.717) is 24.8 Å². The maximum absolute atomic E-state index is 13.3. The number of hydrogen-bond acceptors (Lipinski definition) is 6. The Morgan fingerprint density at radius 1 is 1.23 bits per heavy atom. The van der Waals surface area contributed by atoms with Gasteiger partial charge in [0.25, 0.3) is 0 Å². The lowest BCUT2D eigenvalue weighted by atomic mass is 9.73. The molecule has 3 aromatic rings. The Morgan fingerprint density at radius 2 is 2.00 bits per heavy atom. The number of benzene rings is 1. The molecule has 0 bridgehead atoms. The summed E-state index contributed by atoms with van der Waals surface area (Å²) in [6.07, 6.45) is 1.37. The lowest BCUT2D eigenvalue weighted by Gasteiger charge is -2.38. The number of aromatic nitrogens is 3. The van der Waals surface area contributed by atoms with Crippen molar-refractivity contribution in [2.75, 3.05) is 11.9 Å². The molecule has 0 spiro atoms. The van der Waals surface area contributed by atoms with E-state index in [1.807, 2.05) is 35.9 Å². The summed E-state index contributed by atoms with van der Waals surface area (Å²) in [4.78, 5) is 19.2. The van der Waals surface area contributed by atoms with Crippen LogP contribution < -0.4 is 10.1 Å². The zero-order valence-corrected chi connectivity index (χ0v) is 19.0. The lowest BCUT2D eigenvalue weighted by Crippen LogP contribution is -2.36. The molecule has 2 aromatic heterocycles. The van der Waals surface area contributed by atoms with Gasteiger partial charge in [-0.2, -0.15) is 4.98 Å². The average molecular weight is 435 g/mol. The molecule has 160 valence electrons. The molecule has 31 heavy (non-hydrogen) atoms. The Labute approximate surface area is 186 Å². The number of allylic oxidation sites excluding steroid dienone is 2. The van der Waals surface area contributed by atoms with Crippen molar-refractivity contribution < 1.29 is 9.53 Å². The van der Waals surface area contributed by atoms with Crippen molar-refractivity contribution >= 4 is 23.1 Å². The minimum Gasteiger partial charge on any atom is -0.494 e. The summed E-state index contributed by atoms with van der Waals surface area (Å²) < 4.78 is 7.44. The highest BCUT2D eigenvalue weighted by molar-refractivity contribution is 7.10. The van der Waals surface area contributed by atoms with Crippen LogP contribution in [0.2, 0.25) is 0 Å². The van der Waals surface area contributed by atoms with Gasteiger partial charge in [0.2, 0.25) is 5.95 Å². The van der Waals surface area contributed by atoms with Crippen molar-refractivity contribution in [3.63, 3.8) is 0 Å². The summed E-state index contributed by atoms with van der Waals surface area (Å²) in [5, 5.41) is 10.4. The van der Waals surface area contributed by atoms with Gasteiger partial charge in [0, 0.05) is 28.1 Å². The average Bonchev–Trinajstić information content (AvgIpc) is 3.32. The number of ether oxygens (including phenoxy) is 1. The van der Waals surface area contributed by atoms with Crippen LogP contribution in [0.25, 0.3) is 11.4 Å². The van der Waals surface area contributed by atoms with Crippen LogP contribution in [0.1, 0.15) is 50.1 Å². The Kier molecular flexibility index (Phi) is 4.73. The van der Waals surface area contributed by atoms with Crippen molar-refractivity contribution in [3.8, 4) is 17.1 Å². The molecule has 0 radical (unpaired) electrons. The second-order valence-corrected chi connectivity index (χ2v) is 9.94. The van der Waals surface area contributed by atoms with Crippen LogP contribution in [-0.4, -0.2) is 27.2 Å². The number of carbonyl (C=O) groups is 1. The van der Waals surface area contributed by atoms with Crippen LogP contribution in [0.5, 0.6) is 5.75 Å². The molecule has 0 saturated carbocycles. The quantitative estimate of drug-likeness (QED) is 0.598. The number of nitrogens with zero attached hydrogens (tertiary/aromatic N) is 3. The van der Waals surface area contributed by atoms with Crippen LogP contribution in [-0.2, 0) is 4.79 Å². The molecule has 1 aliphatic carbocycles. The number of rotatable bonds is 4.